The predicted molar refractivity (Wildman–Crippen MR) is 67.4 cm³/mol. The van der Waals surface area contributed by atoms with Crippen molar-refractivity contribution in [1.29, 1.82) is 0 Å². The lowest BCUT2D eigenvalue weighted by atomic mass is 10.3. The Morgan fingerprint density at radius 2 is 2.00 bits per heavy atom. The molecule has 0 aliphatic carbocycles. The number of ether oxygens (including phenoxy) is 2. The van der Waals surface area contributed by atoms with Crippen LogP contribution in [0.15, 0.2) is 41.3 Å². The van der Waals surface area contributed by atoms with E-state index in [0.29, 0.717) is 28.5 Å². The van der Waals surface area contributed by atoms with Gasteiger partial charge in [0.15, 0.2) is 11.5 Å². The van der Waals surface area contributed by atoms with Crippen LogP contribution in [0, 0.1) is 0 Å². The molecule has 5 heteroatoms. The molecule has 0 aliphatic rings. The lowest BCUT2D eigenvalue weighted by molar-refractivity contribution is 0.319. The molecule has 88 valence electrons. The van der Waals surface area contributed by atoms with E-state index in [-0.39, 0.29) is 0 Å². The quantitative estimate of drug-likeness (QED) is 0.866. The SMILES string of the molecule is CCOc1ccccc1Oc1ncncc1Br. The number of benzene rings is 1. The molecule has 0 saturated heterocycles. The molecule has 0 spiro atoms. The van der Waals surface area contributed by atoms with E-state index < -0.39 is 0 Å². The van der Waals surface area contributed by atoms with Gasteiger partial charge in [-0.25, -0.2) is 9.97 Å². The first-order chi connectivity index (χ1) is 8.31. The Balaban J connectivity index is 2.27. The standard InChI is InChI=1S/C12H11BrN2O2/c1-2-16-10-5-3-4-6-11(10)17-12-9(13)7-14-8-15-12/h3-8H,2H2,1H3. The van der Waals surface area contributed by atoms with Crippen LogP contribution in [0.25, 0.3) is 0 Å². The molecular formula is C12H11BrN2O2. The van der Waals surface area contributed by atoms with Crippen molar-refractivity contribution in [3.63, 3.8) is 0 Å². The summed E-state index contributed by atoms with van der Waals surface area (Å²) in [6, 6.07) is 7.47. The van der Waals surface area contributed by atoms with E-state index in [1.807, 2.05) is 31.2 Å². The van der Waals surface area contributed by atoms with Crippen molar-refractivity contribution in [2.45, 2.75) is 6.92 Å². The van der Waals surface area contributed by atoms with Gasteiger partial charge in [0.05, 0.1) is 11.1 Å². The number of hydrogen-bond acceptors (Lipinski definition) is 4. The van der Waals surface area contributed by atoms with E-state index >= 15 is 0 Å². The average molecular weight is 295 g/mol. The first-order valence-electron chi connectivity index (χ1n) is 5.16. The molecular weight excluding hydrogens is 284 g/mol. The molecule has 0 unspecified atom stereocenters. The van der Waals surface area contributed by atoms with Gasteiger partial charge >= 0.3 is 0 Å². The number of rotatable bonds is 4. The maximum absolute atomic E-state index is 5.67. The minimum atomic E-state index is 0.465. The van der Waals surface area contributed by atoms with Gasteiger partial charge in [-0.05, 0) is 35.0 Å². The predicted octanol–water partition coefficient (Wildman–Crippen LogP) is 3.43. The van der Waals surface area contributed by atoms with Crippen molar-refractivity contribution in [1.82, 2.24) is 9.97 Å². The van der Waals surface area contributed by atoms with E-state index in [4.69, 9.17) is 9.47 Å². The molecule has 0 bridgehead atoms. The van der Waals surface area contributed by atoms with E-state index in [0.717, 1.165) is 0 Å². The van der Waals surface area contributed by atoms with Crippen LogP contribution < -0.4 is 9.47 Å². The third-order valence-corrected chi connectivity index (χ3v) is 2.53. The molecule has 1 aromatic carbocycles. The minimum Gasteiger partial charge on any atom is -0.490 e. The van der Waals surface area contributed by atoms with Gasteiger partial charge in [0.1, 0.15) is 6.33 Å². The van der Waals surface area contributed by atoms with E-state index in [2.05, 4.69) is 25.9 Å². The monoisotopic (exact) mass is 294 g/mol. The number of nitrogens with zero attached hydrogens (tertiary/aromatic N) is 2. The molecule has 4 nitrogen and oxygen atoms in total. The van der Waals surface area contributed by atoms with Crippen molar-refractivity contribution in [3.8, 4) is 17.4 Å². The highest BCUT2D eigenvalue weighted by Gasteiger charge is 2.08. The summed E-state index contributed by atoms with van der Waals surface area (Å²) < 4.78 is 11.8. The topological polar surface area (TPSA) is 44.2 Å². The molecule has 1 heterocycles. The lowest BCUT2D eigenvalue weighted by Gasteiger charge is -2.10. The normalized spacial score (nSPS) is 10.0. The summed E-state index contributed by atoms with van der Waals surface area (Å²) in [5.41, 5.74) is 0. The van der Waals surface area contributed by atoms with Gasteiger partial charge in [-0.15, -0.1) is 0 Å². The van der Waals surface area contributed by atoms with Crippen LogP contribution >= 0.6 is 15.9 Å². The number of halogens is 1. The fourth-order valence-electron chi connectivity index (χ4n) is 1.29. The van der Waals surface area contributed by atoms with Crippen LogP contribution in [0.1, 0.15) is 6.92 Å². The second kappa shape index (κ2) is 5.63. The third-order valence-electron chi connectivity index (χ3n) is 1.99. The summed E-state index contributed by atoms with van der Waals surface area (Å²) in [5, 5.41) is 0. The number of hydrogen-bond donors (Lipinski definition) is 0. The van der Waals surface area contributed by atoms with E-state index in [1.165, 1.54) is 6.33 Å². The van der Waals surface area contributed by atoms with Gasteiger partial charge in [-0.3, -0.25) is 0 Å². The van der Waals surface area contributed by atoms with E-state index in [9.17, 15) is 0 Å². The molecule has 0 fully saturated rings. The average Bonchev–Trinajstić information content (AvgIpc) is 2.35. The molecule has 0 radical (unpaired) electrons. The van der Waals surface area contributed by atoms with Crippen LogP contribution in [-0.2, 0) is 0 Å². The second-order valence-electron chi connectivity index (χ2n) is 3.16. The van der Waals surface area contributed by atoms with Gasteiger partial charge in [0.2, 0.25) is 5.88 Å². The highest BCUT2D eigenvalue weighted by Crippen LogP contribution is 2.32. The Morgan fingerprint density at radius 1 is 1.24 bits per heavy atom. The van der Waals surface area contributed by atoms with Crippen molar-refractivity contribution in [3.05, 3.63) is 41.3 Å². The Morgan fingerprint density at radius 3 is 2.71 bits per heavy atom. The second-order valence-corrected chi connectivity index (χ2v) is 4.01. The van der Waals surface area contributed by atoms with Crippen molar-refractivity contribution in [2.24, 2.45) is 0 Å². The van der Waals surface area contributed by atoms with Crippen molar-refractivity contribution in [2.75, 3.05) is 6.61 Å². The van der Waals surface area contributed by atoms with Crippen LogP contribution in [-0.4, -0.2) is 16.6 Å². The Hall–Kier alpha value is -1.62. The van der Waals surface area contributed by atoms with Gasteiger partial charge in [0.25, 0.3) is 0 Å². The van der Waals surface area contributed by atoms with Crippen molar-refractivity contribution < 1.29 is 9.47 Å². The molecule has 0 aliphatic heterocycles. The molecule has 2 rings (SSSR count). The smallest absolute Gasteiger partial charge is 0.236 e. The molecule has 0 saturated carbocycles. The molecule has 0 atom stereocenters. The minimum absolute atomic E-state index is 0.465. The van der Waals surface area contributed by atoms with Gasteiger partial charge in [-0.2, -0.15) is 0 Å². The largest absolute Gasteiger partial charge is 0.490 e. The number of aromatic nitrogens is 2. The molecule has 0 N–H and O–H groups in total. The number of para-hydroxylation sites is 2. The van der Waals surface area contributed by atoms with Crippen molar-refractivity contribution >= 4 is 15.9 Å². The third kappa shape index (κ3) is 2.94. The first kappa shape index (κ1) is 11.9. The lowest BCUT2D eigenvalue weighted by Crippen LogP contribution is -1.96. The Bertz CT molecular complexity index is 505. The molecule has 2 aromatic rings. The summed E-state index contributed by atoms with van der Waals surface area (Å²) in [6.07, 6.45) is 3.06. The summed E-state index contributed by atoms with van der Waals surface area (Å²) in [4.78, 5) is 7.92. The zero-order valence-corrected chi connectivity index (χ0v) is 10.8. The van der Waals surface area contributed by atoms with Crippen LogP contribution in [0.4, 0.5) is 0 Å². The van der Waals surface area contributed by atoms with Crippen LogP contribution in [0.3, 0.4) is 0 Å². The highest BCUT2D eigenvalue weighted by molar-refractivity contribution is 9.10. The molecule has 17 heavy (non-hydrogen) atoms. The fourth-order valence-corrected chi connectivity index (χ4v) is 1.59. The maximum atomic E-state index is 5.67. The summed E-state index contributed by atoms with van der Waals surface area (Å²) in [7, 11) is 0. The van der Waals surface area contributed by atoms with Crippen LogP contribution in [0.2, 0.25) is 0 Å². The maximum Gasteiger partial charge on any atom is 0.236 e. The Kier molecular flexibility index (Phi) is 3.93. The van der Waals surface area contributed by atoms with Gasteiger partial charge < -0.3 is 9.47 Å². The summed E-state index contributed by atoms with van der Waals surface area (Å²) >= 11 is 3.33. The van der Waals surface area contributed by atoms with E-state index in [1.54, 1.807) is 6.20 Å². The summed E-state index contributed by atoms with van der Waals surface area (Å²) in [6.45, 7) is 2.52. The first-order valence-corrected chi connectivity index (χ1v) is 5.95. The van der Waals surface area contributed by atoms with Gasteiger partial charge in [-0.1, -0.05) is 12.1 Å². The Labute approximate surface area is 108 Å². The van der Waals surface area contributed by atoms with Gasteiger partial charge in [0, 0.05) is 6.20 Å². The molecule has 0 amide bonds. The zero-order valence-electron chi connectivity index (χ0n) is 9.26. The van der Waals surface area contributed by atoms with Crippen LogP contribution in [0.5, 0.6) is 17.4 Å². The summed E-state index contributed by atoms with van der Waals surface area (Å²) in [5.74, 6) is 1.79. The fraction of sp³-hybridized carbons (Fsp3) is 0.167. The molecule has 1 aromatic heterocycles. The highest BCUT2D eigenvalue weighted by atomic mass is 79.9. The zero-order chi connectivity index (χ0) is 12.1.